The number of hydrogen-bond acceptors (Lipinski definition) is 3. The minimum absolute atomic E-state index is 0.118. The molecule has 48 valence electrons. The Hall–Kier alpha value is -0.0200. The topological polar surface area (TPSA) is 33.1 Å². The highest BCUT2D eigenvalue weighted by molar-refractivity contribution is 8.14. The summed E-state index contributed by atoms with van der Waals surface area (Å²) < 4.78 is 4.88. The number of hydrogen-bond donors (Lipinski definition) is 1. The summed E-state index contributed by atoms with van der Waals surface area (Å²) in [6.45, 7) is 3.67. The molecule has 0 saturated heterocycles. The van der Waals surface area contributed by atoms with Gasteiger partial charge in [-0.25, -0.2) is 0 Å². The predicted octanol–water partition coefficient (Wildman–Crippen LogP) is 1.71. The third kappa shape index (κ3) is 4.15. The standard InChI is InChI=1S/C5H11NOS/c1-4(6)8-5(2)7-3/h5-6H,1-3H3. The molecule has 0 aromatic carbocycles. The van der Waals surface area contributed by atoms with Crippen molar-refractivity contribution in [2.45, 2.75) is 19.3 Å². The minimum atomic E-state index is 0.118. The van der Waals surface area contributed by atoms with Crippen molar-refractivity contribution in [1.82, 2.24) is 0 Å². The number of thioether (sulfide) groups is 1. The van der Waals surface area contributed by atoms with Crippen molar-refractivity contribution < 1.29 is 4.74 Å². The third-order valence-electron chi connectivity index (χ3n) is 0.675. The Balaban J connectivity index is 3.24. The summed E-state index contributed by atoms with van der Waals surface area (Å²) in [6.07, 6.45) is 0. The maximum absolute atomic E-state index is 7.01. The summed E-state index contributed by atoms with van der Waals surface area (Å²) in [6, 6.07) is 0. The molecule has 8 heavy (non-hydrogen) atoms. The van der Waals surface area contributed by atoms with E-state index in [2.05, 4.69) is 0 Å². The lowest BCUT2D eigenvalue weighted by Crippen LogP contribution is -2.00. The fraction of sp³-hybridized carbons (Fsp3) is 0.800. The van der Waals surface area contributed by atoms with E-state index in [4.69, 9.17) is 10.1 Å². The van der Waals surface area contributed by atoms with Gasteiger partial charge in [-0.3, -0.25) is 5.41 Å². The lowest BCUT2D eigenvalue weighted by molar-refractivity contribution is 0.188. The van der Waals surface area contributed by atoms with Gasteiger partial charge in [-0.05, 0) is 13.8 Å². The van der Waals surface area contributed by atoms with Gasteiger partial charge in [-0.15, -0.1) is 0 Å². The number of rotatable bonds is 2. The van der Waals surface area contributed by atoms with Crippen molar-refractivity contribution in [3.8, 4) is 0 Å². The van der Waals surface area contributed by atoms with E-state index in [1.807, 2.05) is 6.92 Å². The molecule has 0 heterocycles. The van der Waals surface area contributed by atoms with Crippen LogP contribution in [0.15, 0.2) is 0 Å². The van der Waals surface area contributed by atoms with Gasteiger partial charge in [0.1, 0.15) is 5.44 Å². The molecule has 0 aliphatic rings. The first-order valence-electron chi connectivity index (χ1n) is 2.41. The molecule has 1 unspecified atom stereocenters. The Morgan fingerprint density at radius 2 is 2.25 bits per heavy atom. The summed E-state index contributed by atoms with van der Waals surface area (Å²) in [7, 11) is 1.64. The Morgan fingerprint density at radius 3 is 2.38 bits per heavy atom. The molecule has 1 atom stereocenters. The first kappa shape index (κ1) is 7.98. The monoisotopic (exact) mass is 133 g/mol. The predicted molar refractivity (Wildman–Crippen MR) is 37.5 cm³/mol. The highest BCUT2D eigenvalue weighted by Gasteiger charge is 1.98. The van der Waals surface area contributed by atoms with Gasteiger partial charge < -0.3 is 4.74 Å². The van der Waals surface area contributed by atoms with Crippen molar-refractivity contribution >= 4 is 16.8 Å². The molecule has 0 aliphatic heterocycles. The molecule has 0 aliphatic carbocycles. The van der Waals surface area contributed by atoms with Crippen LogP contribution in [0.3, 0.4) is 0 Å². The quantitative estimate of drug-likeness (QED) is 0.353. The zero-order chi connectivity index (χ0) is 6.57. The van der Waals surface area contributed by atoms with Crippen LogP contribution in [0.5, 0.6) is 0 Å². The van der Waals surface area contributed by atoms with Crippen LogP contribution >= 0.6 is 11.8 Å². The van der Waals surface area contributed by atoms with E-state index in [1.165, 1.54) is 11.8 Å². The summed E-state index contributed by atoms with van der Waals surface area (Å²) >= 11 is 1.42. The van der Waals surface area contributed by atoms with Crippen LogP contribution in [-0.2, 0) is 4.74 Å². The zero-order valence-electron chi connectivity index (χ0n) is 5.39. The van der Waals surface area contributed by atoms with Crippen molar-refractivity contribution in [2.75, 3.05) is 7.11 Å². The Labute approximate surface area is 54.1 Å². The van der Waals surface area contributed by atoms with Crippen molar-refractivity contribution in [3.05, 3.63) is 0 Å². The normalized spacial score (nSPS) is 13.4. The van der Waals surface area contributed by atoms with E-state index in [-0.39, 0.29) is 5.44 Å². The summed E-state index contributed by atoms with van der Waals surface area (Å²) in [5.41, 5.74) is 0.118. The second-order valence-electron chi connectivity index (χ2n) is 1.48. The summed E-state index contributed by atoms with van der Waals surface area (Å²) in [5, 5.41) is 7.61. The fourth-order valence-corrected chi connectivity index (χ4v) is 0.891. The molecule has 0 saturated carbocycles. The number of nitrogens with one attached hydrogen (secondary N) is 1. The van der Waals surface area contributed by atoms with E-state index in [9.17, 15) is 0 Å². The molecular weight excluding hydrogens is 122 g/mol. The number of methoxy groups -OCH3 is 1. The van der Waals surface area contributed by atoms with Gasteiger partial charge in [-0.1, -0.05) is 11.8 Å². The van der Waals surface area contributed by atoms with Crippen LogP contribution in [0.1, 0.15) is 13.8 Å². The molecule has 0 bridgehead atoms. The van der Waals surface area contributed by atoms with Gasteiger partial charge in [0, 0.05) is 7.11 Å². The third-order valence-corrected chi connectivity index (χ3v) is 1.55. The molecule has 0 fully saturated rings. The molecule has 0 amide bonds. The molecule has 2 nitrogen and oxygen atoms in total. The largest absolute Gasteiger partial charge is 0.371 e. The van der Waals surface area contributed by atoms with Gasteiger partial charge >= 0.3 is 0 Å². The lowest BCUT2D eigenvalue weighted by atomic mass is 10.8. The van der Waals surface area contributed by atoms with E-state index in [0.717, 1.165) is 0 Å². The second kappa shape index (κ2) is 3.92. The molecule has 1 N–H and O–H groups in total. The first-order valence-corrected chi connectivity index (χ1v) is 3.29. The van der Waals surface area contributed by atoms with Gasteiger partial charge in [0.2, 0.25) is 0 Å². The van der Waals surface area contributed by atoms with Crippen LogP contribution < -0.4 is 0 Å². The molecule has 0 radical (unpaired) electrons. The van der Waals surface area contributed by atoms with Crippen LogP contribution in [0.25, 0.3) is 0 Å². The Morgan fingerprint density at radius 1 is 1.75 bits per heavy atom. The SMILES string of the molecule is COC(C)SC(C)=N. The smallest absolute Gasteiger partial charge is 0.105 e. The molecule has 0 aromatic rings. The van der Waals surface area contributed by atoms with E-state index in [0.29, 0.717) is 5.04 Å². The van der Waals surface area contributed by atoms with Gasteiger partial charge in [-0.2, -0.15) is 0 Å². The first-order chi connectivity index (χ1) is 3.66. The number of ether oxygens (including phenoxy) is 1. The summed E-state index contributed by atoms with van der Waals surface area (Å²) in [5.74, 6) is 0. The van der Waals surface area contributed by atoms with E-state index in [1.54, 1.807) is 14.0 Å². The molecule has 0 spiro atoms. The average Bonchev–Trinajstić information content (AvgIpc) is 1.65. The fourth-order valence-electron chi connectivity index (χ4n) is 0.297. The van der Waals surface area contributed by atoms with E-state index < -0.39 is 0 Å². The average molecular weight is 133 g/mol. The van der Waals surface area contributed by atoms with Crippen molar-refractivity contribution in [2.24, 2.45) is 0 Å². The molecule has 3 heteroatoms. The van der Waals surface area contributed by atoms with Crippen LogP contribution in [0.4, 0.5) is 0 Å². The zero-order valence-corrected chi connectivity index (χ0v) is 6.21. The van der Waals surface area contributed by atoms with Crippen LogP contribution in [-0.4, -0.2) is 17.6 Å². The van der Waals surface area contributed by atoms with Gasteiger partial charge in [0.15, 0.2) is 0 Å². The maximum Gasteiger partial charge on any atom is 0.105 e. The molecular formula is C5H11NOS. The highest BCUT2D eigenvalue weighted by Crippen LogP contribution is 2.10. The van der Waals surface area contributed by atoms with Gasteiger partial charge in [0.25, 0.3) is 0 Å². The van der Waals surface area contributed by atoms with Crippen molar-refractivity contribution in [1.29, 1.82) is 5.41 Å². The van der Waals surface area contributed by atoms with E-state index >= 15 is 0 Å². The highest BCUT2D eigenvalue weighted by atomic mass is 32.2. The maximum atomic E-state index is 7.01. The second-order valence-corrected chi connectivity index (χ2v) is 2.99. The Bertz CT molecular complexity index is 84.5. The molecule has 0 rings (SSSR count). The van der Waals surface area contributed by atoms with Crippen LogP contribution in [0, 0.1) is 5.41 Å². The lowest BCUT2D eigenvalue weighted by Gasteiger charge is -2.05. The van der Waals surface area contributed by atoms with Crippen LogP contribution in [0.2, 0.25) is 0 Å². The Kier molecular flexibility index (Phi) is 3.91. The minimum Gasteiger partial charge on any atom is -0.371 e. The van der Waals surface area contributed by atoms with Gasteiger partial charge in [0.05, 0.1) is 5.04 Å². The molecule has 0 aromatic heterocycles. The summed E-state index contributed by atoms with van der Waals surface area (Å²) in [4.78, 5) is 0. The van der Waals surface area contributed by atoms with Crippen molar-refractivity contribution in [3.63, 3.8) is 0 Å².